The third-order valence-electron chi connectivity index (χ3n) is 5.97. The van der Waals surface area contributed by atoms with Gasteiger partial charge in [-0.15, -0.1) is 0 Å². The Bertz CT molecular complexity index is 1180. The van der Waals surface area contributed by atoms with E-state index < -0.39 is 6.04 Å². The van der Waals surface area contributed by atoms with Crippen LogP contribution in [0.3, 0.4) is 0 Å². The molecule has 4 rings (SSSR count). The minimum Gasteiger partial charge on any atom is -0.494 e. The average Bonchev–Trinajstić information content (AvgIpc) is 3.24. The number of benzene rings is 2. The topological polar surface area (TPSA) is 94.0 Å². The molecule has 0 bridgehead atoms. The van der Waals surface area contributed by atoms with Crippen LogP contribution in [0.2, 0.25) is 0 Å². The van der Waals surface area contributed by atoms with E-state index in [1.807, 2.05) is 63.2 Å². The number of rotatable bonds is 7. The largest absolute Gasteiger partial charge is 0.494 e. The molecule has 2 N–H and O–H groups in total. The van der Waals surface area contributed by atoms with E-state index >= 15 is 0 Å². The minimum atomic E-state index is -0.467. The molecule has 0 saturated heterocycles. The van der Waals surface area contributed by atoms with E-state index in [0.717, 1.165) is 34.5 Å². The maximum Gasteiger partial charge on any atom is 0.255 e. The zero-order chi connectivity index (χ0) is 23.5. The smallest absolute Gasteiger partial charge is 0.255 e. The molecule has 33 heavy (non-hydrogen) atoms. The van der Waals surface area contributed by atoms with Crippen molar-refractivity contribution in [1.82, 2.24) is 20.2 Å². The van der Waals surface area contributed by atoms with Gasteiger partial charge in [-0.3, -0.25) is 4.79 Å². The molecule has 2 heterocycles. The van der Waals surface area contributed by atoms with Gasteiger partial charge in [0.25, 0.3) is 5.91 Å². The second kappa shape index (κ2) is 9.44. The summed E-state index contributed by atoms with van der Waals surface area (Å²) >= 11 is 0. The molecule has 1 amide bonds. The summed E-state index contributed by atoms with van der Waals surface area (Å²) in [5, 5.41) is 18.3. The van der Waals surface area contributed by atoms with Crippen LogP contribution in [0.25, 0.3) is 0 Å². The van der Waals surface area contributed by atoms with Crippen molar-refractivity contribution in [3.05, 3.63) is 70.4 Å². The summed E-state index contributed by atoms with van der Waals surface area (Å²) in [6.07, 6.45) is 0.995. The Morgan fingerprint density at radius 2 is 1.91 bits per heavy atom. The molecule has 8 nitrogen and oxygen atoms in total. The van der Waals surface area contributed by atoms with E-state index in [9.17, 15) is 4.79 Å². The van der Waals surface area contributed by atoms with E-state index in [2.05, 4.69) is 40.0 Å². The van der Waals surface area contributed by atoms with E-state index in [1.165, 1.54) is 0 Å². The van der Waals surface area contributed by atoms with Crippen molar-refractivity contribution >= 4 is 17.5 Å². The van der Waals surface area contributed by atoms with Gasteiger partial charge in [0.05, 0.1) is 12.2 Å². The number of anilines is 2. The number of allylic oxidation sites excluding steroid dienone is 1. The highest BCUT2D eigenvalue weighted by Crippen LogP contribution is 2.35. The zero-order valence-electron chi connectivity index (χ0n) is 19.7. The molecule has 0 radical (unpaired) electrons. The molecule has 1 atom stereocenters. The maximum atomic E-state index is 13.5. The average molecular weight is 447 g/mol. The van der Waals surface area contributed by atoms with Crippen LogP contribution in [0.1, 0.15) is 49.9 Å². The Hall–Kier alpha value is -3.68. The predicted molar refractivity (Wildman–Crippen MR) is 128 cm³/mol. The first-order valence-corrected chi connectivity index (χ1v) is 11.2. The summed E-state index contributed by atoms with van der Waals surface area (Å²) in [5.74, 6) is 1.69. The lowest BCUT2D eigenvalue weighted by Crippen LogP contribution is -2.31. The van der Waals surface area contributed by atoms with E-state index in [4.69, 9.17) is 4.74 Å². The first-order valence-electron chi connectivity index (χ1n) is 11.2. The highest BCUT2D eigenvalue weighted by atomic mass is 16.5. The number of aromatic nitrogens is 4. The van der Waals surface area contributed by atoms with Crippen molar-refractivity contribution in [2.45, 2.75) is 47.1 Å². The SMILES string of the molecule is CC1=C(C(=O)Nc2cccc(C)c2C)C(c2ccc(OCCC(C)C)cc2)n2nnnc2N1. The van der Waals surface area contributed by atoms with Crippen LogP contribution in [-0.4, -0.2) is 32.7 Å². The van der Waals surface area contributed by atoms with Crippen LogP contribution in [0.5, 0.6) is 5.75 Å². The molecule has 1 aliphatic heterocycles. The van der Waals surface area contributed by atoms with Crippen molar-refractivity contribution in [3.63, 3.8) is 0 Å². The number of aryl methyl sites for hydroxylation is 1. The van der Waals surface area contributed by atoms with Gasteiger partial charge in [0.15, 0.2) is 0 Å². The first kappa shape index (κ1) is 22.5. The third kappa shape index (κ3) is 4.74. The molecule has 1 unspecified atom stereocenters. The molecule has 172 valence electrons. The van der Waals surface area contributed by atoms with Crippen molar-refractivity contribution in [2.75, 3.05) is 17.2 Å². The second-order valence-electron chi connectivity index (χ2n) is 8.81. The van der Waals surface area contributed by atoms with Crippen LogP contribution >= 0.6 is 0 Å². The van der Waals surface area contributed by atoms with Gasteiger partial charge in [-0.25, -0.2) is 0 Å². The van der Waals surface area contributed by atoms with Gasteiger partial charge in [0.1, 0.15) is 11.8 Å². The molecule has 3 aromatic rings. The molecule has 2 aromatic carbocycles. The van der Waals surface area contributed by atoms with Gasteiger partial charge in [0, 0.05) is 11.4 Å². The van der Waals surface area contributed by atoms with Crippen molar-refractivity contribution in [3.8, 4) is 5.75 Å². The number of hydrogen-bond acceptors (Lipinski definition) is 6. The standard InChI is InChI=1S/C25H30N6O2/c1-15(2)13-14-33-20-11-9-19(10-12-20)23-22(18(5)26-25-28-29-30-31(23)25)24(32)27-21-8-6-7-16(3)17(21)4/h6-12,15,23H,13-14H2,1-5H3,(H,27,32)(H,26,28,30). The molecule has 0 fully saturated rings. The van der Waals surface area contributed by atoms with Gasteiger partial charge < -0.3 is 15.4 Å². The molecular formula is C25H30N6O2. The van der Waals surface area contributed by atoms with Crippen LogP contribution in [0.4, 0.5) is 11.6 Å². The third-order valence-corrected chi connectivity index (χ3v) is 5.97. The summed E-state index contributed by atoms with van der Waals surface area (Å²) in [4.78, 5) is 13.5. The quantitative estimate of drug-likeness (QED) is 0.549. The lowest BCUT2D eigenvalue weighted by atomic mass is 9.94. The number of nitrogens with one attached hydrogen (secondary N) is 2. The summed E-state index contributed by atoms with van der Waals surface area (Å²) in [6, 6.07) is 13.2. The highest BCUT2D eigenvalue weighted by Gasteiger charge is 2.34. The van der Waals surface area contributed by atoms with E-state index in [0.29, 0.717) is 29.7 Å². The summed E-state index contributed by atoms with van der Waals surface area (Å²) in [5.41, 5.74) is 5.11. The molecule has 8 heteroatoms. The fourth-order valence-corrected chi connectivity index (χ4v) is 3.85. The Kier molecular flexibility index (Phi) is 6.44. The number of nitrogens with zero attached hydrogens (tertiary/aromatic N) is 4. The Labute approximate surface area is 194 Å². The van der Waals surface area contributed by atoms with Crippen molar-refractivity contribution in [2.24, 2.45) is 5.92 Å². The van der Waals surface area contributed by atoms with Gasteiger partial charge in [0.2, 0.25) is 5.95 Å². The predicted octanol–water partition coefficient (Wildman–Crippen LogP) is 4.64. The summed E-state index contributed by atoms with van der Waals surface area (Å²) in [7, 11) is 0. The van der Waals surface area contributed by atoms with Crippen LogP contribution in [0.15, 0.2) is 53.7 Å². The first-order chi connectivity index (χ1) is 15.8. The Morgan fingerprint density at radius 1 is 1.15 bits per heavy atom. The number of tetrazole rings is 1. The monoisotopic (exact) mass is 446 g/mol. The molecule has 0 spiro atoms. The molecule has 0 saturated carbocycles. The second-order valence-corrected chi connectivity index (χ2v) is 8.81. The van der Waals surface area contributed by atoms with Gasteiger partial charge in [-0.2, -0.15) is 4.68 Å². The molecule has 1 aliphatic rings. The summed E-state index contributed by atoms with van der Waals surface area (Å²) in [6.45, 7) is 10.9. The molecular weight excluding hydrogens is 416 g/mol. The number of fused-ring (bicyclic) bond motifs is 1. The van der Waals surface area contributed by atoms with Gasteiger partial charge >= 0.3 is 0 Å². The number of carbonyl (C=O) groups is 1. The van der Waals surface area contributed by atoms with E-state index in [-0.39, 0.29) is 5.91 Å². The minimum absolute atomic E-state index is 0.197. The van der Waals surface area contributed by atoms with Crippen LogP contribution in [0, 0.1) is 19.8 Å². The Balaban J connectivity index is 1.64. The fourth-order valence-electron chi connectivity index (χ4n) is 3.85. The van der Waals surface area contributed by atoms with Gasteiger partial charge in [-0.05, 0) is 78.4 Å². The van der Waals surface area contributed by atoms with Crippen LogP contribution in [-0.2, 0) is 4.79 Å². The molecule has 1 aromatic heterocycles. The zero-order valence-corrected chi connectivity index (χ0v) is 19.7. The fraction of sp³-hybridized carbons (Fsp3) is 0.360. The number of carbonyl (C=O) groups excluding carboxylic acids is 1. The molecule has 0 aliphatic carbocycles. The maximum absolute atomic E-state index is 13.5. The van der Waals surface area contributed by atoms with Crippen molar-refractivity contribution in [1.29, 1.82) is 0 Å². The number of ether oxygens (including phenoxy) is 1. The highest BCUT2D eigenvalue weighted by molar-refractivity contribution is 6.06. The van der Waals surface area contributed by atoms with Gasteiger partial charge in [-0.1, -0.05) is 43.2 Å². The number of amides is 1. The summed E-state index contributed by atoms with van der Waals surface area (Å²) < 4.78 is 7.50. The Morgan fingerprint density at radius 3 is 2.64 bits per heavy atom. The van der Waals surface area contributed by atoms with Crippen LogP contribution < -0.4 is 15.4 Å². The normalized spacial score (nSPS) is 15.3. The lowest BCUT2D eigenvalue weighted by molar-refractivity contribution is -0.113. The van der Waals surface area contributed by atoms with Crippen molar-refractivity contribution < 1.29 is 9.53 Å². The number of hydrogen-bond donors (Lipinski definition) is 2. The lowest BCUT2D eigenvalue weighted by Gasteiger charge is -2.28. The van der Waals surface area contributed by atoms with E-state index in [1.54, 1.807) is 4.68 Å².